The van der Waals surface area contributed by atoms with Crippen LogP contribution in [0.5, 0.6) is 5.75 Å². The van der Waals surface area contributed by atoms with E-state index in [9.17, 15) is 14.0 Å². The number of anilines is 2. The number of morpholine rings is 1. The number of hydrogen-bond acceptors (Lipinski definition) is 6. The molecule has 1 amide bonds. The molecule has 34 heavy (non-hydrogen) atoms. The quantitative estimate of drug-likeness (QED) is 0.539. The van der Waals surface area contributed by atoms with E-state index in [0.717, 1.165) is 10.9 Å². The molecule has 7 nitrogen and oxygen atoms in total. The predicted octanol–water partition coefficient (Wildman–Crippen LogP) is 4.43. The van der Waals surface area contributed by atoms with Crippen LogP contribution in [0.25, 0.3) is 11.0 Å². The molecule has 3 aromatic rings. The third kappa shape index (κ3) is 5.07. The second-order valence-electron chi connectivity index (χ2n) is 8.73. The summed E-state index contributed by atoms with van der Waals surface area (Å²) in [4.78, 5) is 27.0. The molecule has 2 atom stereocenters. The van der Waals surface area contributed by atoms with E-state index in [1.807, 2.05) is 31.7 Å². The average Bonchev–Trinajstić information content (AvgIpc) is 2.77. The van der Waals surface area contributed by atoms with Crippen LogP contribution in [0.4, 0.5) is 15.8 Å². The fourth-order valence-corrected chi connectivity index (χ4v) is 4.47. The van der Waals surface area contributed by atoms with Gasteiger partial charge in [0.05, 0.1) is 25.0 Å². The van der Waals surface area contributed by atoms with Gasteiger partial charge in [0.2, 0.25) is 5.91 Å². The number of amides is 1. The Morgan fingerprint density at radius 1 is 1.18 bits per heavy atom. The lowest BCUT2D eigenvalue weighted by atomic mass is 10.0. The Balaban J connectivity index is 1.43. The molecule has 1 fully saturated rings. The number of ether oxygens (including phenoxy) is 2. The molecule has 2 aromatic carbocycles. The predicted molar refractivity (Wildman–Crippen MR) is 129 cm³/mol. The lowest BCUT2D eigenvalue weighted by molar-refractivity contribution is -0.116. The molecule has 2 heterocycles. The summed E-state index contributed by atoms with van der Waals surface area (Å²) in [5.74, 6) is -0.118. The Hall–Kier alpha value is -3.39. The monoisotopic (exact) mass is 468 g/mol. The molecule has 1 aliphatic rings. The second kappa shape index (κ2) is 9.85. The maximum atomic E-state index is 14.8. The van der Waals surface area contributed by atoms with E-state index in [-0.39, 0.29) is 31.0 Å². The molecule has 0 aliphatic carbocycles. The molecule has 2 unspecified atom stereocenters. The molecule has 1 saturated heterocycles. The molecule has 180 valence electrons. The van der Waals surface area contributed by atoms with Crippen LogP contribution in [0.2, 0.25) is 0 Å². The molecule has 0 bridgehead atoms. The number of aryl methyl sites for hydroxylation is 1. The normalized spacial score (nSPS) is 18.2. The molecule has 8 heteroatoms. The minimum absolute atomic E-state index is 0.0146. The summed E-state index contributed by atoms with van der Waals surface area (Å²) < 4.78 is 31.1. The van der Waals surface area contributed by atoms with Crippen molar-refractivity contribution < 1.29 is 23.1 Å². The Bertz CT molecular complexity index is 1260. The number of benzene rings is 2. The van der Waals surface area contributed by atoms with E-state index >= 15 is 0 Å². The van der Waals surface area contributed by atoms with Crippen molar-refractivity contribution in [2.45, 2.75) is 45.8 Å². The van der Waals surface area contributed by atoms with Gasteiger partial charge in [-0.1, -0.05) is 0 Å². The summed E-state index contributed by atoms with van der Waals surface area (Å²) in [6, 6.07) is 9.96. The van der Waals surface area contributed by atoms with Crippen LogP contribution in [0.3, 0.4) is 0 Å². The zero-order valence-electron chi connectivity index (χ0n) is 19.8. The van der Waals surface area contributed by atoms with Gasteiger partial charge in [0.25, 0.3) is 0 Å². The van der Waals surface area contributed by atoms with Gasteiger partial charge in [-0.05, 0) is 63.1 Å². The van der Waals surface area contributed by atoms with Crippen molar-refractivity contribution in [1.29, 1.82) is 0 Å². The Kier molecular flexibility index (Phi) is 6.88. The molecule has 1 aliphatic heterocycles. The summed E-state index contributed by atoms with van der Waals surface area (Å²) in [7, 11) is 1.54. The van der Waals surface area contributed by atoms with Gasteiger partial charge in [0.1, 0.15) is 17.1 Å². The number of carbonyl (C=O) groups is 1. The topological polar surface area (TPSA) is 81.0 Å². The first-order valence-corrected chi connectivity index (χ1v) is 11.3. The number of rotatable bonds is 6. The molecule has 1 aromatic heterocycles. The zero-order chi connectivity index (χ0) is 24.4. The number of nitrogens with one attached hydrogen (secondary N) is 1. The highest BCUT2D eigenvalue weighted by Crippen LogP contribution is 2.27. The Morgan fingerprint density at radius 2 is 1.91 bits per heavy atom. The number of carbonyl (C=O) groups excluding carboxylic acids is 1. The van der Waals surface area contributed by atoms with Crippen LogP contribution >= 0.6 is 0 Å². The maximum absolute atomic E-state index is 14.8. The molecular formula is C26H29FN2O5. The van der Waals surface area contributed by atoms with E-state index in [4.69, 9.17) is 13.9 Å². The largest absolute Gasteiger partial charge is 0.497 e. The highest BCUT2D eigenvalue weighted by molar-refractivity contribution is 5.91. The number of fused-ring (bicyclic) bond motifs is 1. The van der Waals surface area contributed by atoms with Gasteiger partial charge in [-0.3, -0.25) is 4.79 Å². The third-order valence-corrected chi connectivity index (χ3v) is 6.09. The molecule has 0 spiro atoms. The smallest absolute Gasteiger partial charge is 0.339 e. The lowest BCUT2D eigenvalue weighted by Gasteiger charge is -2.37. The van der Waals surface area contributed by atoms with Gasteiger partial charge in [0, 0.05) is 42.2 Å². The van der Waals surface area contributed by atoms with Crippen molar-refractivity contribution in [3.05, 3.63) is 63.8 Å². The van der Waals surface area contributed by atoms with Gasteiger partial charge >= 0.3 is 5.63 Å². The van der Waals surface area contributed by atoms with Gasteiger partial charge in [-0.25, -0.2) is 9.18 Å². The Morgan fingerprint density at radius 3 is 2.59 bits per heavy atom. The van der Waals surface area contributed by atoms with Crippen LogP contribution in [0.1, 0.15) is 31.4 Å². The minimum atomic E-state index is -0.476. The van der Waals surface area contributed by atoms with Crippen molar-refractivity contribution in [3.8, 4) is 5.75 Å². The van der Waals surface area contributed by atoms with E-state index in [2.05, 4.69) is 5.32 Å². The number of methoxy groups -OCH3 is 1. The fourth-order valence-electron chi connectivity index (χ4n) is 4.47. The van der Waals surface area contributed by atoms with Crippen LogP contribution in [-0.2, 0) is 16.0 Å². The van der Waals surface area contributed by atoms with Crippen LogP contribution in [0, 0.1) is 12.7 Å². The van der Waals surface area contributed by atoms with Crippen LogP contribution < -0.4 is 20.6 Å². The molecule has 0 saturated carbocycles. The molecule has 0 radical (unpaired) electrons. The summed E-state index contributed by atoms with van der Waals surface area (Å²) >= 11 is 0. The summed E-state index contributed by atoms with van der Waals surface area (Å²) in [5.41, 5.74) is 2.04. The van der Waals surface area contributed by atoms with E-state index in [1.54, 1.807) is 31.4 Å². The summed E-state index contributed by atoms with van der Waals surface area (Å²) in [5, 5.41) is 3.51. The van der Waals surface area contributed by atoms with Crippen molar-refractivity contribution in [2.75, 3.05) is 30.4 Å². The van der Waals surface area contributed by atoms with Crippen molar-refractivity contribution >= 4 is 28.3 Å². The first-order valence-electron chi connectivity index (χ1n) is 11.3. The number of halogens is 1. The highest BCUT2D eigenvalue weighted by Gasteiger charge is 2.24. The molecule has 1 N–H and O–H groups in total. The highest BCUT2D eigenvalue weighted by atomic mass is 19.1. The van der Waals surface area contributed by atoms with Gasteiger partial charge in [0.15, 0.2) is 0 Å². The van der Waals surface area contributed by atoms with Crippen molar-refractivity contribution in [2.24, 2.45) is 0 Å². The lowest BCUT2D eigenvalue weighted by Crippen LogP contribution is -2.45. The number of hydrogen-bond donors (Lipinski definition) is 1. The van der Waals surface area contributed by atoms with E-state index in [0.29, 0.717) is 41.4 Å². The number of nitrogens with zero attached hydrogens (tertiary/aromatic N) is 1. The standard InChI is InChI=1S/C26H29FN2O5/c1-15-13-29(14-16(2)33-15)23-9-5-18(11-22(23)27)28-25(30)10-8-21-17(3)20-7-6-19(32-4)12-24(20)34-26(21)31/h5-7,9,11-12,15-16H,8,10,13-14H2,1-4H3,(H,28,30). The van der Waals surface area contributed by atoms with Crippen LogP contribution in [-0.4, -0.2) is 38.3 Å². The minimum Gasteiger partial charge on any atom is -0.497 e. The van der Waals surface area contributed by atoms with Crippen molar-refractivity contribution in [1.82, 2.24) is 0 Å². The maximum Gasteiger partial charge on any atom is 0.339 e. The van der Waals surface area contributed by atoms with E-state index in [1.165, 1.54) is 6.07 Å². The average molecular weight is 469 g/mol. The van der Waals surface area contributed by atoms with Gasteiger partial charge < -0.3 is 24.1 Å². The molecule has 4 rings (SSSR count). The first-order chi connectivity index (χ1) is 16.2. The molecular weight excluding hydrogens is 439 g/mol. The third-order valence-electron chi connectivity index (χ3n) is 6.09. The van der Waals surface area contributed by atoms with Gasteiger partial charge in [-0.2, -0.15) is 0 Å². The Labute approximate surface area is 197 Å². The first kappa shape index (κ1) is 23.8. The van der Waals surface area contributed by atoms with Crippen molar-refractivity contribution in [3.63, 3.8) is 0 Å². The zero-order valence-corrected chi connectivity index (χ0v) is 19.8. The van der Waals surface area contributed by atoms with Gasteiger partial charge in [-0.15, -0.1) is 0 Å². The summed E-state index contributed by atoms with van der Waals surface area (Å²) in [6.45, 7) is 6.97. The second-order valence-corrected chi connectivity index (χ2v) is 8.73. The van der Waals surface area contributed by atoms with E-state index < -0.39 is 11.4 Å². The summed E-state index contributed by atoms with van der Waals surface area (Å²) in [6.07, 6.45) is 0.308. The van der Waals surface area contributed by atoms with Crippen LogP contribution in [0.15, 0.2) is 45.6 Å². The fraction of sp³-hybridized carbons (Fsp3) is 0.385. The SMILES string of the molecule is COc1ccc2c(C)c(CCC(=O)Nc3ccc(N4CC(C)OC(C)C4)c(F)c3)c(=O)oc2c1.